The molecule has 2 rings (SSSR count). The van der Waals surface area contributed by atoms with Crippen molar-refractivity contribution in [2.45, 2.75) is 6.54 Å². The lowest BCUT2D eigenvalue weighted by atomic mass is 10.3. The minimum Gasteiger partial charge on any atom is -0.395 e. The van der Waals surface area contributed by atoms with Crippen LogP contribution in [0.2, 0.25) is 4.47 Å². The topological polar surface area (TPSA) is 48.8 Å². The highest BCUT2D eigenvalue weighted by molar-refractivity contribution is 7.15. The van der Waals surface area contributed by atoms with Gasteiger partial charge in [-0.25, -0.2) is 4.98 Å². The molecule has 7 heteroatoms. The maximum atomic E-state index is 9.14. The SMILES string of the molecule is OCCN(CCN1CCOCC1)Cc1cnc(Cl)s1. The standard InChI is InChI=1S/C12H20ClN3O2S/c13-12-14-9-11(19-12)10-16(3-6-17)2-1-15-4-7-18-8-5-15/h9,17H,1-8,10H2. The van der Waals surface area contributed by atoms with Gasteiger partial charge in [0.25, 0.3) is 0 Å². The van der Waals surface area contributed by atoms with E-state index in [0.717, 1.165) is 50.8 Å². The first-order chi connectivity index (χ1) is 9.28. The summed E-state index contributed by atoms with van der Waals surface area (Å²) in [6.45, 7) is 7.25. The number of halogens is 1. The van der Waals surface area contributed by atoms with Gasteiger partial charge in [0.1, 0.15) is 0 Å². The van der Waals surface area contributed by atoms with Gasteiger partial charge in [-0.2, -0.15) is 0 Å². The Labute approximate surface area is 122 Å². The summed E-state index contributed by atoms with van der Waals surface area (Å²) in [4.78, 5) is 9.82. The van der Waals surface area contributed by atoms with E-state index in [-0.39, 0.29) is 6.61 Å². The van der Waals surface area contributed by atoms with Crippen molar-refractivity contribution in [2.75, 3.05) is 52.5 Å². The quantitative estimate of drug-likeness (QED) is 0.812. The van der Waals surface area contributed by atoms with Crippen LogP contribution in [-0.2, 0) is 11.3 Å². The summed E-state index contributed by atoms with van der Waals surface area (Å²) >= 11 is 7.34. The molecule has 1 aliphatic rings. The molecule has 0 bridgehead atoms. The highest BCUT2D eigenvalue weighted by atomic mass is 35.5. The molecule has 0 amide bonds. The first-order valence-corrected chi connectivity index (χ1v) is 7.71. The van der Waals surface area contributed by atoms with E-state index in [1.54, 1.807) is 0 Å². The van der Waals surface area contributed by atoms with Crippen molar-refractivity contribution in [1.29, 1.82) is 0 Å². The average Bonchev–Trinajstić information content (AvgIpc) is 2.83. The summed E-state index contributed by atoms with van der Waals surface area (Å²) in [7, 11) is 0. The number of ether oxygens (including phenoxy) is 1. The van der Waals surface area contributed by atoms with Gasteiger partial charge in [0.15, 0.2) is 4.47 Å². The van der Waals surface area contributed by atoms with Gasteiger partial charge in [-0.15, -0.1) is 11.3 Å². The van der Waals surface area contributed by atoms with Crippen LogP contribution in [0.4, 0.5) is 0 Å². The first-order valence-electron chi connectivity index (χ1n) is 6.51. The molecule has 108 valence electrons. The van der Waals surface area contributed by atoms with E-state index in [1.807, 2.05) is 6.20 Å². The van der Waals surface area contributed by atoms with Gasteiger partial charge in [-0.1, -0.05) is 11.6 Å². The maximum absolute atomic E-state index is 9.14. The van der Waals surface area contributed by atoms with E-state index in [1.165, 1.54) is 11.3 Å². The monoisotopic (exact) mass is 305 g/mol. The lowest BCUT2D eigenvalue weighted by molar-refractivity contribution is 0.0321. The van der Waals surface area contributed by atoms with E-state index in [4.69, 9.17) is 21.4 Å². The normalized spacial score (nSPS) is 17.2. The Balaban J connectivity index is 1.78. The Morgan fingerprint density at radius 2 is 2.21 bits per heavy atom. The van der Waals surface area contributed by atoms with Crippen LogP contribution in [0.25, 0.3) is 0 Å². The van der Waals surface area contributed by atoms with Crippen LogP contribution < -0.4 is 0 Å². The van der Waals surface area contributed by atoms with Gasteiger partial charge in [-0.05, 0) is 0 Å². The Bertz CT molecular complexity index is 372. The van der Waals surface area contributed by atoms with Crippen molar-refractivity contribution in [3.05, 3.63) is 15.5 Å². The molecule has 19 heavy (non-hydrogen) atoms. The molecule has 0 aliphatic carbocycles. The number of morpholine rings is 1. The molecule has 1 aliphatic heterocycles. The molecular formula is C12H20ClN3O2S. The third kappa shape index (κ3) is 5.33. The molecule has 0 saturated carbocycles. The van der Waals surface area contributed by atoms with E-state index >= 15 is 0 Å². The van der Waals surface area contributed by atoms with Crippen LogP contribution in [0.15, 0.2) is 6.20 Å². The predicted octanol–water partition coefficient (Wildman–Crippen LogP) is 0.923. The summed E-state index contributed by atoms with van der Waals surface area (Å²) < 4.78 is 5.91. The van der Waals surface area contributed by atoms with Crippen molar-refractivity contribution < 1.29 is 9.84 Å². The van der Waals surface area contributed by atoms with E-state index in [2.05, 4.69) is 14.8 Å². The first kappa shape index (κ1) is 15.2. The molecule has 1 N–H and O–H groups in total. The number of hydrogen-bond donors (Lipinski definition) is 1. The van der Waals surface area contributed by atoms with Crippen LogP contribution in [0.5, 0.6) is 0 Å². The lowest BCUT2D eigenvalue weighted by Gasteiger charge is -2.29. The molecule has 1 aromatic heterocycles. The molecule has 2 heterocycles. The van der Waals surface area contributed by atoms with Crippen molar-refractivity contribution in [2.24, 2.45) is 0 Å². The van der Waals surface area contributed by atoms with E-state index in [9.17, 15) is 0 Å². The Morgan fingerprint density at radius 3 is 2.84 bits per heavy atom. The number of hydrogen-bond acceptors (Lipinski definition) is 6. The maximum Gasteiger partial charge on any atom is 0.183 e. The fourth-order valence-electron chi connectivity index (χ4n) is 2.10. The molecule has 0 unspecified atom stereocenters. The molecule has 5 nitrogen and oxygen atoms in total. The highest BCUT2D eigenvalue weighted by Crippen LogP contribution is 2.19. The molecule has 0 atom stereocenters. The van der Waals surface area contributed by atoms with E-state index < -0.39 is 0 Å². The number of aromatic nitrogens is 1. The molecule has 0 spiro atoms. The van der Waals surface area contributed by atoms with Crippen molar-refractivity contribution in [3.63, 3.8) is 0 Å². The average molecular weight is 306 g/mol. The Kier molecular flexibility index (Phi) is 6.49. The van der Waals surface area contributed by atoms with E-state index in [0.29, 0.717) is 11.0 Å². The van der Waals surface area contributed by atoms with Crippen molar-refractivity contribution in [3.8, 4) is 0 Å². The number of aliphatic hydroxyl groups is 1. The lowest BCUT2D eigenvalue weighted by Crippen LogP contribution is -2.41. The number of nitrogens with zero attached hydrogens (tertiary/aromatic N) is 3. The highest BCUT2D eigenvalue weighted by Gasteiger charge is 2.13. The van der Waals surface area contributed by atoms with Crippen LogP contribution in [0.1, 0.15) is 4.88 Å². The second kappa shape index (κ2) is 8.14. The smallest absolute Gasteiger partial charge is 0.183 e. The molecule has 0 aromatic carbocycles. The molecule has 0 radical (unpaired) electrons. The second-order valence-electron chi connectivity index (χ2n) is 4.53. The third-order valence-corrected chi connectivity index (χ3v) is 4.26. The van der Waals surface area contributed by atoms with Crippen LogP contribution in [-0.4, -0.2) is 72.4 Å². The minimum atomic E-state index is 0.176. The largest absolute Gasteiger partial charge is 0.395 e. The predicted molar refractivity (Wildman–Crippen MR) is 76.7 cm³/mol. The van der Waals surface area contributed by atoms with Gasteiger partial charge in [0.2, 0.25) is 0 Å². The van der Waals surface area contributed by atoms with Crippen molar-refractivity contribution >= 4 is 22.9 Å². The van der Waals surface area contributed by atoms with Gasteiger partial charge < -0.3 is 9.84 Å². The fourth-order valence-corrected chi connectivity index (χ4v) is 3.12. The van der Waals surface area contributed by atoms with Crippen LogP contribution in [0, 0.1) is 0 Å². The van der Waals surface area contributed by atoms with Gasteiger partial charge in [-0.3, -0.25) is 9.80 Å². The number of rotatable bonds is 7. The molecular weight excluding hydrogens is 286 g/mol. The summed E-state index contributed by atoms with van der Waals surface area (Å²) in [5, 5.41) is 9.14. The van der Waals surface area contributed by atoms with Crippen molar-refractivity contribution in [1.82, 2.24) is 14.8 Å². The zero-order chi connectivity index (χ0) is 13.5. The summed E-state index contributed by atoms with van der Waals surface area (Å²) in [5.74, 6) is 0. The Morgan fingerprint density at radius 1 is 1.42 bits per heavy atom. The third-order valence-electron chi connectivity index (χ3n) is 3.16. The summed E-state index contributed by atoms with van der Waals surface area (Å²) in [6.07, 6.45) is 1.81. The number of aliphatic hydroxyl groups excluding tert-OH is 1. The Hall–Kier alpha value is -0.240. The van der Waals surface area contributed by atoms with Gasteiger partial charge in [0, 0.05) is 50.3 Å². The van der Waals surface area contributed by atoms with Gasteiger partial charge in [0.05, 0.1) is 19.8 Å². The molecule has 1 fully saturated rings. The fraction of sp³-hybridized carbons (Fsp3) is 0.750. The molecule has 1 saturated heterocycles. The summed E-state index contributed by atoms with van der Waals surface area (Å²) in [5.41, 5.74) is 0. The van der Waals surface area contributed by atoms with Crippen LogP contribution >= 0.6 is 22.9 Å². The van der Waals surface area contributed by atoms with Gasteiger partial charge >= 0.3 is 0 Å². The molecule has 1 aromatic rings. The van der Waals surface area contributed by atoms with Crippen LogP contribution in [0.3, 0.4) is 0 Å². The second-order valence-corrected chi connectivity index (χ2v) is 6.23. The minimum absolute atomic E-state index is 0.176. The zero-order valence-electron chi connectivity index (χ0n) is 10.9. The zero-order valence-corrected chi connectivity index (χ0v) is 12.5. The number of thiazole rings is 1. The summed E-state index contributed by atoms with van der Waals surface area (Å²) in [6, 6.07) is 0.